The summed E-state index contributed by atoms with van der Waals surface area (Å²) in [5.41, 5.74) is 2.42. The van der Waals surface area contributed by atoms with Crippen LogP contribution in [0.2, 0.25) is 5.02 Å². The average molecular weight is 490 g/mol. The summed E-state index contributed by atoms with van der Waals surface area (Å²) < 4.78 is 12.6. The van der Waals surface area contributed by atoms with Gasteiger partial charge in [0.05, 0.1) is 24.7 Å². The number of carboxylic acids is 1. The zero-order valence-corrected chi connectivity index (χ0v) is 19.6. The van der Waals surface area contributed by atoms with Crippen LogP contribution in [0.25, 0.3) is 22.0 Å². The molecule has 0 fully saturated rings. The molecule has 0 saturated heterocycles. The van der Waals surface area contributed by atoms with Gasteiger partial charge in [0.25, 0.3) is 0 Å². The van der Waals surface area contributed by atoms with E-state index in [4.69, 9.17) is 25.7 Å². The summed E-state index contributed by atoms with van der Waals surface area (Å²) in [6, 6.07) is 18.4. The molecule has 0 radical (unpaired) electrons. The maximum Gasteiger partial charge on any atom is 0.351 e. The predicted molar refractivity (Wildman–Crippen MR) is 134 cm³/mol. The Labute approximate surface area is 204 Å². The molecule has 0 unspecified atom stereocenters. The second-order valence-corrected chi connectivity index (χ2v) is 8.47. The normalized spacial score (nSPS) is 11.2. The number of carbonyl (C=O) groups is 1. The van der Waals surface area contributed by atoms with Gasteiger partial charge in [-0.3, -0.25) is 0 Å². The van der Waals surface area contributed by atoms with E-state index < -0.39 is 11.6 Å². The van der Waals surface area contributed by atoms with Crippen LogP contribution in [0.15, 0.2) is 69.9 Å². The summed E-state index contributed by atoms with van der Waals surface area (Å²) >= 11 is 6.20. The second-order valence-electron chi connectivity index (χ2n) is 8.04. The third-order valence-corrected chi connectivity index (χ3v) is 6.06. The van der Waals surface area contributed by atoms with Crippen molar-refractivity contribution in [2.24, 2.45) is 0 Å². The first-order valence-electron chi connectivity index (χ1n) is 10.7. The van der Waals surface area contributed by atoms with Crippen molar-refractivity contribution in [1.29, 1.82) is 0 Å². The molecule has 9 heteroatoms. The molecule has 5 rings (SSSR count). The second kappa shape index (κ2) is 8.81. The van der Waals surface area contributed by atoms with Crippen molar-refractivity contribution >= 4 is 51.2 Å². The van der Waals surface area contributed by atoms with Crippen LogP contribution in [-0.4, -0.2) is 27.7 Å². The van der Waals surface area contributed by atoms with Crippen molar-refractivity contribution in [2.45, 2.75) is 13.5 Å². The standard InChI is InChI=1S/C26H20ClN3O5/c1-14-19-11-20-21(12-22(19)35-25(33)23(14)24(31)32)30(13-15-4-3-5-16(27)10-15)26(29-20)28-17-6-8-18(34-2)9-7-17/h3-12H,13H2,1-2H3,(H,28,29)(H,31,32). The van der Waals surface area contributed by atoms with E-state index in [2.05, 4.69) is 5.32 Å². The summed E-state index contributed by atoms with van der Waals surface area (Å²) in [7, 11) is 1.60. The summed E-state index contributed by atoms with van der Waals surface area (Å²) in [6.45, 7) is 2.03. The number of ether oxygens (including phenoxy) is 1. The van der Waals surface area contributed by atoms with Gasteiger partial charge >= 0.3 is 11.6 Å². The van der Waals surface area contributed by atoms with Crippen LogP contribution in [0.1, 0.15) is 21.5 Å². The summed E-state index contributed by atoms with van der Waals surface area (Å²) in [5, 5.41) is 13.9. The monoisotopic (exact) mass is 489 g/mol. The van der Waals surface area contributed by atoms with Crippen LogP contribution >= 0.6 is 11.6 Å². The maximum atomic E-state index is 12.3. The molecule has 8 nitrogen and oxygen atoms in total. The van der Waals surface area contributed by atoms with Gasteiger partial charge in [-0.25, -0.2) is 14.6 Å². The van der Waals surface area contributed by atoms with Gasteiger partial charge in [-0.2, -0.15) is 0 Å². The Morgan fingerprint density at radius 2 is 1.94 bits per heavy atom. The summed E-state index contributed by atoms with van der Waals surface area (Å²) in [5.74, 6) is -0.0422. The number of rotatable bonds is 6. The quantitative estimate of drug-likeness (QED) is 0.299. The highest BCUT2D eigenvalue weighted by Crippen LogP contribution is 2.30. The highest BCUT2D eigenvalue weighted by atomic mass is 35.5. The number of hydrogen-bond acceptors (Lipinski definition) is 6. The molecule has 0 saturated carbocycles. The Balaban J connectivity index is 1.71. The minimum atomic E-state index is -1.33. The Bertz CT molecular complexity index is 1650. The van der Waals surface area contributed by atoms with E-state index in [-0.39, 0.29) is 11.1 Å². The van der Waals surface area contributed by atoms with E-state index in [0.717, 1.165) is 17.0 Å². The van der Waals surface area contributed by atoms with Crippen LogP contribution in [0.3, 0.4) is 0 Å². The fourth-order valence-corrected chi connectivity index (χ4v) is 4.31. The Morgan fingerprint density at radius 1 is 1.17 bits per heavy atom. The van der Waals surface area contributed by atoms with Crippen molar-refractivity contribution in [3.8, 4) is 5.75 Å². The number of aryl methyl sites for hydroxylation is 1. The molecule has 35 heavy (non-hydrogen) atoms. The molecule has 0 aliphatic heterocycles. The summed E-state index contributed by atoms with van der Waals surface area (Å²) in [6.07, 6.45) is 0. The average Bonchev–Trinajstić information content (AvgIpc) is 3.14. The maximum absolute atomic E-state index is 12.3. The highest BCUT2D eigenvalue weighted by molar-refractivity contribution is 6.30. The van der Waals surface area contributed by atoms with Crippen LogP contribution in [0, 0.1) is 6.92 Å². The summed E-state index contributed by atoms with van der Waals surface area (Å²) in [4.78, 5) is 28.7. The molecule has 0 aliphatic carbocycles. The van der Waals surface area contributed by atoms with Gasteiger partial charge in [0.15, 0.2) is 0 Å². The van der Waals surface area contributed by atoms with Gasteiger partial charge in [0.1, 0.15) is 16.9 Å². The number of hydrogen-bond donors (Lipinski definition) is 2. The fourth-order valence-electron chi connectivity index (χ4n) is 4.09. The van der Waals surface area contributed by atoms with E-state index in [1.165, 1.54) is 0 Å². The molecule has 2 heterocycles. The van der Waals surface area contributed by atoms with Crippen molar-refractivity contribution in [3.05, 3.63) is 92.8 Å². The van der Waals surface area contributed by atoms with Gasteiger partial charge in [0.2, 0.25) is 5.95 Å². The number of benzene rings is 3. The number of carboxylic acid groups (broad SMARTS) is 1. The van der Waals surface area contributed by atoms with Crippen LogP contribution < -0.4 is 15.7 Å². The number of anilines is 2. The van der Waals surface area contributed by atoms with Crippen LogP contribution in [0.4, 0.5) is 11.6 Å². The number of aromatic nitrogens is 2. The molecule has 0 aliphatic rings. The van der Waals surface area contributed by atoms with Gasteiger partial charge in [-0.05, 0) is 60.5 Å². The molecule has 5 aromatic rings. The van der Waals surface area contributed by atoms with E-state index >= 15 is 0 Å². The van der Waals surface area contributed by atoms with E-state index in [1.54, 1.807) is 32.2 Å². The number of imidazole rings is 1. The molecule has 0 amide bonds. The molecule has 0 atom stereocenters. The number of halogens is 1. The third-order valence-electron chi connectivity index (χ3n) is 5.83. The van der Waals surface area contributed by atoms with Crippen LogP contribution in [0.5, 0.6) is 5.75 Å². The number of aromatic carboxylic acids is 1. The lowest BCUT2D eigenvalue weighted by Crippen LogP contribution is -2.15. The number of nitrogens with zero attached hydrogens (tertiary/aromatic N) is 2. The minimum Gasteiger partial charge on any atom is -0.497 e. The van der Waals surface area contributed by atoms with Crippen molar-refractivity contribution in [3.63, 3.8) is 0 Å². The van der Waals surface area contributed by atoms with E-state index in [9.17, 15) is 14.7 Å². The highest BCUT2D eigenvalue weighted by Gasteiger charge is 2.20. The Hall–Kier alpha value is -4.30. The zero-order valence-electron chi connectivity index (χ0n) is 18.8. The first-order valence-corrected chi connectivity index (χ1v) is 11.1. The van der Waals surface area contributed by atoms with Crippen molar-refractivity contribution < 1.29 is 19.1 Å². The minimum absolute atomic E-state index is 0.285. The first kappa shape index (κ1) is 22.5. The largest absolute Gasteiger partial charge is 0.497 e. The predicted octanol–water partition coefficient (Wildman–Crippen LogP) is 5.60. The van der Waals surface area contributed by atoms with Crippen LogP contribution in [-0.2, 0) is 6.54 Å². The smallest absolute Gasteiger partial charge is 0.351 e. The van der Waals surface area contributed by atoms with E-state index in [0.29, 0.717) is 39.5 Å². The van der Waals surface area contributed by atoms with Gasteiger partial charge in [-0.15, -0.1) is 0 Å². The molecule has 176 valence electrons. The number of fused-ring (bicyclic) bond motifs is 2. The molecule has 2 N–H and O–H groups in total. The number of methoxy groups -OCH3 is 1. The van der Waals surface area contributed by atoms with Gasteiger partial charge < -0.3 is 24.1 Å². The lowest BCUT2D eigenvalue weighted by Gasteiger charge is -2.12. The number of nitrogens with one attached hydrogen (secondary N) is 1. The SMILES string of the molecule is COc1ccc(Nc2nc3cc4c(C)c(C(=O)O)c(=O)oc4cc3n2Cc2cccc(Cl)c2)cc1. The Morgan fingerprint density at radius 3 is 2.63 bits per heavy atom. The molecule has 3 aromatic carbocycles. The first-order chi connectivity index (χ1) is 16.8. The Kier molecular flexibility index (Phi) is 5.66. The van der Waals surface area contributed by atoms with Gasteiger partial charge in [-0.1, -0.05) is 23.7 Å². The van der Waals surface area contributed by atoms with Gasteiger partial charge in [0, 0.05) is 22.2 Å². The van der Waals surface area contributed by atoms with Crippen molar-refractivity contribution in [2.75, 3.05) is 12.4 Å². The lowest BCUT2D eigenvalue weighted by molar-refractivity contribution is 0.0691. The van der Waals surface area contributed by atoms with E-state index in [1.807, 2.05) is 47.0 Å². The third kappa shape index (κ3) is 4.20. The molecule has 0 spiro atoms. The molecule has 2 aromatic heterocycles. The molecule has 0 bridgehead atoms. The van der Waals surface area contributed by atoms with Crippen molar-refractivity contribution in [1.82, 2.24) is 9.55 Å². The topological polar surface area (TPSA) is 107 Å². The molecular formula is C26H20ClN3O5. The fraction of sp³-hybridized carbons (Fsp3) is 0.115. The lowest BCUT2D eigenvalue weighted by atomic mass is 10.1. The molecular weight excluding hydrogens is 470 g/mol. The zero-order chi connectivity index (χ0) is 24.7.